The van der Waals surface area contributed by atoms with E-state index in [1.54, 1.807) is 67.8 Å². The number of carbonyl (C=O) groups excluding carboxylic acids is 3. The molecule has 0 radical (unpaired) electrons. The van der Waals surface area contributed by atoms with E-state index in [4.69, 9.17) is 13.9 Å². The number of nitrogens with one attached hydrogen (secondary N) is 2. The van der Waals surface area contributed by atoms with Gasteiger partial charge in [-0.15, -0.1) is 0 Å². The molecule has 40 heavy (non-hydrogen) atoms. The highest BCUT2D eigenvalue weighted by atomic mass is 16.6. The molecular formula is C31H29N3O6. The van der Waals surface area contributed by atoms with E-state index < -0.39 is 18.2 Å². The van der Waals surface area contributed by atoms with Crippen LogP contribution in [0.15, 0.2) is 95.6 Å². The highest BCUT2D eigenvalue weighted by Crippen LogP contribution is 2.35. The third-order valence-corrected chi connectivity index (χ3v) is 6.67. The molecule has 5 rings (SSSR count). The van der Waals surface area contributed by atoms with Crippen LogP contribution in [-0.4, -0.2) is 36.0 Å². The lowest BCUT2D eigenvalue weighted by atomic mass is 10.00. The molecule has 0 unspecified atom stereocenters. The van der Waals surface area contributed by atoms with Gasteiger partial charge in [-0.1, -0.05) is 42.0 Å². The summed E-state index contributed by atoms with van der Waals surface area (Å²) in [5.74, 6) is 0.542. The zero-order valence-electron chi connectivity index (χ0n) is 22.1. The summed E-state index contributed by atoms with van der Waals surface area (Å²) in [7, 11) is 1.56. The molecule has 9 heteroatoms. The van der Waals surface area contributed by atoms with Gasteiger partial charge in [0.15, 0.2) is 12.1 Å². The number of hydrogen-bond acceptors (Lipinski definition) is 6. The van der Waals surface area contributed by atoms with Crippen molar-refractivity contribution in [2.24, 2.45) is 0 Å². The average Bonchev–Trinajstić information content (AvgIpc) is 3.61. The predicted octanol–water partition coefficient (Wildman–Crippen LogP) is 5.23. The van der Waals surface area contributed by atoms with Gasteiger partial charge in [0, 0.05) is 11.3 Å². The number of cyclic esters (lactones) is 1. The number of hydrogen-bond donors (Lipinski definition) is 2. The molecule has 1 aliphatic rings. The zero-order chi connectivity index (χ0) is 28.1. The van der Waals surface area contributed by atoms with Crippen LogP contribution in [0.25, 0.3) is 0 Å². The summed E-state index contributed by atoms with van der Waals surface area (Å²) in [4.78, 5) is 40.9. The maximum absolute atomic E-state index is 13.5. The van der Waals surface area contributed by atoms with E-state index in [1.807, 2.05) is 31.2 Å². The molecular weight excluding hydrogens is 510 g/mol. The smallest absolute Gasteiger partial charge is 0.411 e. The zero-order valence-corrected chi connectivity index (χ0v) is 22.1. The van der Waals surface area contributed by atoms with E-state index in [-0.39, 0.29) is 24.9 Å². The number of carbonyl (C=O) groups is 3. The lowest BCUT2D eigenvalue weighted by Crippen LogP contribution is -2.46. The first kappa shape index (κ1) is 26.6. The van der Waals surface area contributed by atoms with Gasteiger partial charge in [-0.05, 0) is 66.6 Å². The van der Waals surface area contributed by atoms with Gasteiger partial charge in [-0.25, -0.2) is 4.79 Å². The monoisotopic (exact) mass is 539 g/mol. The van der Waals surface area contributed by atoms with Crippen molar-refractivity contribution in [3.8, 4) is 5.75 Å². The Kier molecular flexibility index (Phi) is 7.82. The van der Waals surface area contributed by atoms with Crippen LogP contribution >= 0.6 is 0 Å². The molecule has 2 N–H and O–H groups in total. The van der Waals surface area contributed by atoms with Crippen LogP contribution < -0.4 is 15.4 Å². The van der Waals surface area contributed by atoms with Crippen LogP contribution in [0, 0.1) is 6.92 Å². The minimum Gasteiger partial charge on any atom is -0.497 e. The van der Waals surface area contributed by atoms with E-state index in [1.165, 1.54) is 11.2 Å². The Labute approximate surface area is 231 Å². The largest absolute Gasteiger partial charge is 0.497 e. The lowest BCUT2D eigenvalue weighted by Gasteiger charge is -2.24. The number of anilines is 1. The second kappa shape index (κ2) is 11.8. The molecule has 204 valence electrons. The highest BCUT2D eigenvalue weighted by Gasteiger charge is 2.47. The molecule has 3 aromatic carbocycles. The third-order valence-electron chi connectivity index (χ3n) is 6.67. The number of ether oxygens (including phenoxy) is 2. The summed E-state index contributed by atoms with van der Waals surface area (Å²) < 4.78 is 16.3. The van der Waals surface area contributed by atoms with Crippen molar-refractivity contribution in [2.75, 3.05) is 12.4 Å². The molecule has 1 aliphatic heterocycles. The summed E-state index contributed by atoms with van der Waals surface area (Å²) >= 11 is 0. The van der Waals surface area contributed by atoms with Crippen LogP contribution in [0.2, 0.25) is 0 Å². The molecule has 0 spiro atoms. The van der Waals surface area contributed by atoms with Gasteiger partial charge in [-0.2, -0.15) is 0 Å². The number of aryl methyl sites for hydroxylation is 1. The Balaban J connectivity index is 1.39. The van der Waals surface area contributed by atoms with Crippen molar-refractivity contribution in [2.45, 2.75) is 32.2 Å². The Morgan fingerprint density at radius 1 is 0.975 bits per heavy atom. The summed E-state index contributed by atoms with van der Waals surface area (Å²) in [6, 6.07) is 24.0. The summed E-state index contributed by atoms with van der Waals surface area (Å²) in [6.45, 7) is 2.34. The number of benzene rings is 3. The average molecular weight is 540 g/mol. The molecule has 0 bridgehead atoms. The Morgan fingerprint density at radius 2 is 1.75 bits per heavy atom. The minimum absolute atomic E-state index is 0.166. The number of methoxy groups -OCH3 is 1. The SMILES string of the molecule is COc1ccc(C(=O)Nc2cccc([C@@H]3OC(=O)N(Cc4ccc(C)cc4)[C@H]3C(=O)NCc3ccco3)c2)cc1. The van der Waals surface area contributed by atoms with Crippen LogP contribution in [0.5, 0.6) is 5.75 Å². The van der Waals surface area contributed by atoms with Gasteiger partial charge >= 0.3 is 6.09 Å². The minimum atomic E-state index is -0.948. The second-order valence-electron chi connectivity index (χ2n) is 9.47. The first-order valence-corrected chi connectivity index (χ1v) is 12.8. The highest BCUT2D eigenvalue weighted by molar-refractivity contribution is 6.04. The first-order chi connectivity index (χ1) is 19.4. The normalized spacial score (nSPS) is 16.4. The molecule has 2 atom stereocenters. The molecule has 1 fully saturated rings. The second-order valence-corrected chi connectivity index (χ2v) is 9.47. The van der Waals surface area contributed by atoms with E-state index in [9.17, 15) is 14.4 Å². The van der Waals surface area contributed by atoms with Crippen LogP contribution in [0.1, 0.15) is 38.9 Å². The van der Waals surface area contributed by atoms with Crippen molar-refractivity contribution in [3.05, 3.63) is 119 Å². The molecule has 9 nitrogen and oxygen atoms in total. The molecule has 1 aromatic heterocycles. The fourth-order valence-electron chi connectivity index (χ4n) is 4.53. The quantitative estimate of drug-likeness (QED) is 0.302. The van der Waals surface area contributed by atoms with Crippen LogP contribution in [0.3, 0.4) is 0 Å². The van der Waals surface area contributed by atoms with Gasteiger partial charge in [0.05, 0.1) is 26.5 Å². The van der Waals surface area contributed by atoms with E-state index in [0.717, 1.165) is 11.1 Å². The fourth-order valence-corrected chi connectivity index (χ4v) is 4.53. The lowest BCUT2D eigenvalue weighted by molar-refractivity contribution is -0.126. The summed E-state index contributed by atoms with van der Waals surface area (Å²) in [6.07, 6.45) is 0.0332. The summed E-state index contributed by atoms with van der Waals surface area (Å²) in [5.41, 5.74) is 3.49. The summed E-state index contributed by atoms with van der Waals surface area (Å²) in [5, 5.41) is 5.73. The molecule has 1 saturated heterocycles. The molecule has 4 aromatic rings. The third kappa shape index (κ3) is 5.99. The molecule has 0 aliphatic carbocycles. The van der Waals surface area contributed by atoms with Crippen molar-refractivity contribution in [1.29, 1.82) is 0 Å². The molecule has 0 saturated carbocycles. The number of rotatable bonds is 9. The van der Waals surface area contributed by atoms with Gasteiger partial charge in [0.2, 0.25) is 5.91 Å². The van der Waals surface area contributed by atoms with Crippen molar-refractivity contribution in [3.63, 3.8) is 0 Å². The number of nitrogens with zero attached hydrogens (tertiary/aromatic N) is 1. The van der Waals surface area contributed by atoms with E-state index >= 15 is 0 Å². The topological polar surface area (TPSA) is 110 Å². The fraction of sp³-hybridized carbons (Fsp3) is 0.194. The Bertz CT molecular complexity index is 1480. The Morgan fingerprint density at radius 3 is 2.45 bits per heavy atom. The number of amides is 3. The standard InChI is InChI=1S/C31H29N3O6/c1-20-8-10-21(11-9-20)19-34-27(30(36)32-18-26-7-4-16-39-26)28(40-31(34)37)23-5-3-6-24(17-23)33-29(35)22-12-14-25(38-2)15-13-22/h3-17,27-28H,18-19H2,1-2H3,(H,32,36)(H,33,35)/t27-,28+/m1/s1. The molecule has 3 amide bonds. The van der Waals surface area contributed by atoms with E-state index in [2.05, 4.69) is 10.6 Å². The maximum Gasteiger partial charge on any atom is 0.411 e. The van der Waals surface area contributed by atoms with Crippen molar-refractivity contribution >= 4 is 23.6 Å². The van der Waals surface area contributed by atoms with Gasteiger partial charge < -0.3 is 24.5 Å². The Hall–Kier alpha value is -5.05. The van der Waals surface area contributed by atoms with Crippen LogP contribution in [-0.2, 0) is 22.6 Å². The maximum atomic E-state index is 13.5. The van der Waals surface area contributed by atoms with Crippen molar-refractivity contribution in [1.82, 2.24) is 10.2 Å². The van der Waals surface area contributed by atoms with Crippen molar-refractivity contribution < 1.29 is 28.3 Å². The van der Waals surface area contributed by atoms with Gasteiger partial charge in [0.1, 0.15) is 11.5 Å². The first-order valence-electron chi connectivity index (χ1n) is 12.8. The van der Waals surface area contributed by atoms with Gasteiger partial charge in [-0.3, -0.25) is 14.5 Å². The molecule has 2 heterocycles. The predicted molar refractivity (Wildman–Crippen MR) is 148 cm³/mol. The van der Waals surface area contributed by atoms with Crippen LogP contribution in [0.4, 0.5) is 10.5 Å². The number of furan rings is 1. The van der Waals surface area contributed by atoms with E-state index in [0.29, 0.717) is 28.3 Å². The van der Waals surface area contributed by atoms with Gasteiger partial charge in [0.25, 0.3) is 5.91 Å².